The number of hydrogen-bond donors (Lipinski definition) is 2. The molecule has 1 saturated carbocycles. The number of hydrogen-bond acceptors (Lipinski definition) is 5. The Morgan fingerprint density at radius 3 is 2.20 bits per heavy atom. The van der Waals surface area contributed by atoms with Crippen molar-refractivity contribution >= 4 is 27.5 Å². The van der Waals surface area contributed by atoms with Crippen molar-refractivity contribution in [3.05, 3.63) is 71.3 Å². The molecule has 0 aromatic heterocycles. The Hall–Kier alpha value is -3.34. The fraction of sp³-hybridized carbons (Fsp3) is 0.448. The maximum Gasteiger partial charge on any atom is 0.389 e. The Morgan fingerprint density at radius 2 is 1.65 bits per heavy atom. The minimum absolute atomic E-state index is 0.0918. The number of sulfonamides is 1. The highest BCUT2D eigenvalue weighted by molar-refractivity contribution is 7.90. The highest BCUT2D eigenvalue weighted by Gasteiger charge is 2.43. The molecular weight excluding hydrogens is 545 g/mol. The van der Waals surface area contributed by atoms with Crippen LogP contribution in [-0.4, -0.2) is 38.3 Å². The SMILES string of the molecule is CC(C)(C)c1ccc(C2C=C(c3ccc(OCCCC(F)(F)F)cc3)NC(=O)C2C(=O)NS(=O)(=O)C2CC2)cc1. The topological polar surface area (TPSA) is 102 Å². The molecule has 1 aliphatic heterocycles. The Bertz CT molecular complexity index is 1370. The molecule has 2 aromatic rings. The summed E-state index contributed by atoms with van der Waals surface area (Å²) in [6, 6.07) is 14.0. The van der Waals surface area contributed by atoms with Crippen LogP contribution in [0.25, 0.3) is 5.70 Å². The first-order valence-corrected chi connectivity index (χ1v) is 14.7. The second kappa shape index (κ2) is 11.3. The number of rotatable bonds is 9. The zero-order valence-corrected chi connectivity index (χ0v) is 23.4. The van der Waals surface area contributed by atoms with Gasteiger partial charge in [-0.1, -0.05) is 51.1 Å². The van der Waals surface area contributed by atoms with Gasteiger partial charge in [-0.3, -0.25) is 14.3 Å². The van der Waals surface area contributed by atoms with Gasteiger partial charge in [0.2, 0.25) is 21.8 Å². The van der Waals surface area contributed by atoms with Gasteiger partial charge in [-0.15, -0.1) is 0 Å². The van der Waals surface area contributed by atoms with Gasteiger partial charge in [-0.05, 0) is 65.6 Å². The maximum absolute atomic E-state index is 13.3. The van der Waals surface area contributed by atoms with Gasteiger partial charge in [-0.25, -0.2) is 8.42 Å². The summed E-state index contributed by atoms with van der Waals surface area (Å²) in [7, 11) is -3.86. The van der Waals surface area contributed by atoms with E-state index in [1.807, 2.05) is 24.3 Å². The molecule has 1 fully saturated rings. The average molecular weight is 579 g/mol. The number of alkyl halides is 3. The summed E-state index contributed by atoms with van der Waals surface area (Å²) in [5.41, 5.74) is 2.64. The van der Waals surface area contributed by atoms with Crippen molar-refractivity contribution in [2.24, 2.45) is 5.92 Å². The van der Waals surface area contributed by atoms with Crippen molar-refractivity contribution in [2.75, 3.05) is 6.61 Å². The molecule has 2 amide bonds. The van der Waals surface area contributed by atoms with E-state index in [-0.39, 0.29) is 18.4 Å². The lowest BCUT2D eigenvalue weighted by molar-refractivity contribution is -0.137. The van der Waals surface area contributed by atoms with Crippen LogP contribution in [0, 0.1) is 5.92 Å². The molecule has 2 aliphatic rings. The van der Waals surface area contributed by atoms with Crippen LogP contribution >= 0.6 is 0 Å². The highest BCUT2D eigenvalue weighted by atomic mass is 32.2. The third-order valence-electron chi connectivity index (χ3n) is 6.93. The number of ether oxygens (including phenoxy) is 1. The van der Waals surface area contributed by atoms with E-state index in [0.29, 0.717) is 35.4 Å². The van der Waals surface area contributed by atoms with E-state index in [0.717, 1.165) is 5.56 Å². The number of benzene rings is 2. The molecule has 0 saturated heterocycles. The van der Waals surface area contributed by atoms with Crippen LogP contribution in [0.5, 0.6) is 5.75 Å². The van der Waals surface area contributed by atoms with Gasteiger partial charge in [0.15, 0.2) is 0 Å². The summed E-state index contributed by atoms with van der Waals surface area (Å²) >= 11 is 0. The summed E-state index contributed by atoms with van der Waals surface area (Å²) in [6.07, 6.45) is -2.66. The lowest BCUT2D eigenvalue weighted by Gasteiger charge is -2.30. The minimum atomic E-state index is -4.24. The number of halogens is 3. The molecule has 1 heterocycles. The molecule has 7 nitrogen and oxygen atoms in total. The molecule has 216 valence electrons. The van der Waals surface area contributed by atoms with Crippen LogP contribution in [-0.2, 0) is 25.0 Å². The van der Waals surface area contributed by atoms with Crippen LogP contribution in [0.3, 0.4) is 0 Å². The number of carbonyl (C=O) groups is 2. The molecule has 0 spiro atoms. The van der Waals surface area contributed by atoms with E-state index < -0.39 is 51.5 Å². The van der Waals surface area contributed by atoms with Crippen molar-refractivity contribution in [2.45, 2.75) is 69.2 Å². The second-order valence-electron chi connectivity index (χ2n) is 11.2. The molecule has 0 radical (unpaired) electrons. The zero-order chi connectivity index (χ0) is 29.3. The molecule has 2 aromatic carbocycles. The summed E-state index contributed by atoms with van der Waals surface area (Å²) in [4.78, 5) is 26.5. The fourth-order valence-corrected chi connectivity index (χ4v) is 5.83. The van der Waals surface area contributed by atoms with Crippen molar-refractivity contribution in [1.29, 1.82) is 0 Å². The maximum atomic E-state index is 13.3. The van der Waals surface area contributed by atoms with Crippen LogP contribution in [0.15, 0.2) is 54.6 Å². The van der Waals surface area contributed by atoms with Gasteiger partial charge in [0.1, 0.15) is 11.7 Å². The first-order chi connectivity index (χ1) is 18.6. The Morgan fingerprint density at radius 1 is 1.02 bits per heavy atom. The lowest BCUT2D eigenvalue weighted by atomic mass is 9.79. The largest absolute Gasteiger partial charge is 0.494 e. The van der Waals surface area contributed by atoms with Crippen LogP contribution < -0.4 is 14.8 Å². The van der Waals surface area contributed by atoms with Crippen LogP contribution in [0.2, 0.25) is 0 Å². The van der Waals surface area contributed by atoms with Crippen LogP contribution in [0.1, 0.15) is 69.1 Å². The van der Waals surface area contributed by atoms with E-state index >= 15 is 0 Å². The Labute approximate surface area is 232 Å². The quantitative estimate of drug-likeness (QED) is 0.315. The monoisotopic (exact) mass is 578 g/mol. The molecule has 0 bridgehead atoms. The summed E-state index contributed by atoms with van der Waals surface area (Å²) < 4.78 is 69.5. The standard InChI is InChI=1S/C29H33F3N2O5S/c1-28(2,3)20-9-5-18(6-10-20)23-17-24(19-7-11-21(12-8-19)39-16-4-15-29(30,31)32)33-26(35)25(23)27(36)34-40(37,38)22-13-14-22/h5-12,17,22-23,25H,4,13-16H2,1-3H3,(H,33,35)(H,34,36). The van der Waals surface area contributed by atoms with E-state index in [1.54, 1.807) is 30.3 Å². The molecule has 1 aliphatic carbocycles. The smallest absolute Gasteiger partial charge is 0.389 e. The highest BCUT2D eigenvalue weighted by Crippen LogP contribution is 2.36. The summed E-state index contributed by atoms with van der Waals surface area (Å²) in [5.74, 6) is -3.20. The van der Waals surface area contributed by atoms with Crippen molar-refractivity contribution in [3.63, 3.8) is 0 Å². The van der Waals surface area contributed by atoms with Crippen molar-refractivity contribution in [1.82, 2.24) is 10.0 Å². The van der Waals surface area contributed by atoms with E-state index in [2.05, 4.69) is 30.8 Å². The van der Waals surface area contributed by atoms with E-state index in [1.165, 1.54) is 0 Å². The normalized spacial score (nSPS) is 19.9. The Balaban J connectivity index is 1.59. The summed E-state index contributed by atoms with van der Waals surface area (Å²) in [6.45, 7) is 6.11. The molecular formula is C29H33F3N2O5S. The molecule has 2 unspecified atom stereocenters. The molecule has 11 heteroatoms. The fourth-order valence-electron chi connectivity index (χ4n) is 4.49. The van der Waals surface area contributed by atoms with Crippen molar-refractivity contribution in [3.8, 4) is 5.75 Å². The lowest BCUT2D eigenvalue weighted by Crippen LogP contribution is -2.48. The van der Waals surface area contributed by atoms with E-state index in [9.17, 15) is 31.2 Å². The molecule has 2 atom stereocenters. The second-order valence-corrected chi connectivity index (χ2v) is 13.2. The number of allylic oxidation sites excluding steroid dienone is 1. The van der Waals surface area contributed by atoms with Gasteiger partial charge in [0.25, 0.3) is 0 Å². The number of carbonyl (C=O) groups excluding carboxylic acids is 2. The van der Waals surface area contributed by atoms with Gasteiger partial charge < -0.3 is 10.1 Å². The van der Waals surface area contributed by atoms with Gasteiger partial charge >= 0.3 is 6.18 Å². The van der Waals surface area contributed by atoms with Crippen LogP contribution in [0.4, 0.5) is 13.2 Å². The third kappa shape index (κ3) is 7.44. The predicted molar refractivity (Wildman–Crippen MR) is 145 cm³/mol. The van der Waals surface area contributed by atoms with Crippen molar-refractivity contribution < 1.29 is 35.9 Å². The first-order valence-electron chi connectivity index (χ1n) is 13.1. The Kier molecular flexibility index (Phi) is 8.35. The van der Waals surface area contributed by atoms with Gasteiger partial charge in [-0.2, -0.15) is 13.2 Å². The average Bonchev–Trinajstić information content (AvgIpc) is 3.72. The number of nitrogens with one attached hydrogen (secondary N) is 2. The first kappa shape index (κ1) is 29.6. The summed E-state index contributed by atoms with van der Waals surface area (Å²) in [5, 5.41) is 2.10. The molecule has 2 N–H and O–H groups in total. The molecule has 40 heavy (non-hydrogen) atoms. The minimum Gasteiger partial charge on any atom is -0.494 e. The zero-order valence-electron chi connectivity index (χ0n) is 22.5. The van der Waals surface area contributed by atoms with Gasteiger partial charge in [0.05, 0.1) is 11.9 Å². The predicted octanol–water partition coefficient (Wildman–Crippen LogP) is 5.18. The van der Waals surface area contributed by atoms with Gasteiger partial charge in [0, 0.05) is 18.0 Å². The van der Waals surface area contributed by atoms with E-state index in [4.69, 9.17) is 4.74 Å². The third-order valence-corrected chi connectivity index (χ3v) is 8.77. The number of amides is 2. The molecule has 4 rings (SSSR count).